The standard InChI is InChI=1S/C18H28B13N/c19-2-1-3(32-18-16(30)14(28)13(27)15(29)17(18)31)4(7(21)6(2)20)5-8(22)10(24)12(26)11(25)9(5)23/h1,32H,19-31H2. The molecule has 0 spiro atoms. The van der Waals surface area contributed by atoms with Gasteiger partial charge in [0.05, 0.1) is 0 Å². The minimum Gasteiger partial charge on any atom is -0.356 e. The van der Waals surface area contributed by atoms with Crippen molar-refractivity contribution in [2.24, 2.45) is 0 Å². The Balaban J connectivity index is 2.41. The molecule has 0 aliphatic rings. The molecule has 0 bridgehead atoms. The van der Waals surface area contributed by atoms with Crippen molar-refractivity contribution < 1.29 is 0 Å². The van der Waals surface area contributed by atoms with Gasteiger partial charge in [0.1, 0.15) is 102 Å². The molecule has 0 saturated carbocycles. The zero-order valence-corrected chi connectivity index (χ0v) is 22.6. The zero-order valence-electron chi connectivity index (χ0n) is 22.6. The van der Waals surface area contributed by atoms with Gasteiger partial charge in [0.25, 0.3) is 0 Å². The first-order valence-corrected chi connectivity index (χ1v) is 11.8. The molecule has 3 rings (SSSR count). The number of hydrogen-bond donors (Lipinski definition) is 1. The molecule has 1 nitrogen and oxygen atoms in total. The summed E-state index contributed by atoms with van der Waals surface area (Å²) >= 11 is 0. The lowest BCUT2D eigenvalue weighted by atomic mass is 9.58. The van der Waals surface area contributed by atoms with Gasteiger partial charge in [-0.2, -0.15) is 0 Å². The van der Waals surface area contributed by atoms with Gasteiger partial charge in [-0.1, -0.05) is 43.7 Å². The van der Waals surface area contributed by atoms with Crippen molar-refractivity contribution in [3.8, 4) is 11.1 Å². The third kappa shape index (κ3) is 3.82. The lowest BCUT2D eigenvalue weighted by Gasteiger charge is -2.28. The maximum atomic E-state index is 3.93. The van der Waals surface area contributed by atoms with Crippen molar-refractivity contribution in [2.45, 2.75) is 0 Å². The average molecular weight is 399 g/mol. The summed E-state index contributed by atoms with van der Waals surface area (Å²) in [5.41, 5.74) is 23.2. The van der Waals surface area contributed by atoms with Crippen LogP contribution in [0.3, 0.4) is 0 Å². The van der Waals surface area contributed by atoms with Gasteiger partial charge in [0.2, 0.25) is 0 Å². The van der Waals surface area contributed by atoms with E-state index in [0.717, 1.165) is 0 Å². The number of hydrogen-bond acceptors (Lipinski definition) is 1. The van der Waals surface area contributed by atoms with Gasteiger partial charge in [-0.05, 0) is 17.2 Å². The van der Waals surface area contributed by atoms with Gasteiger partial charge in [0, 0.05) is 11.4 Å². The van der Waals surface area contributed by atoms with Crippen LogP contribution in [-0.2, 0) is 0 Å². The highest BCUT2D eigenvalue weighted by Gasteiger charge is 2.20. The summed E-state index contributed by atoms with van der Waals surface area (Å²) in [4.78, 5) is 0. The SMILES string of the molecule is Bc1cc(Nc2c(B)c(B)c(B)c(B)c2B)c(-c2c(B)c(B)c(B)c(B)c2B)c(B)c1B. The van der Waals surface area contributed by atoms with Crippen LogP contribution in [-0.4, -0.2) is 102 Å². The Morgan fingerprint density at radius 3 is 1.16 bits per heavy atom. The van der Waals surface area contributed by atoms with Crippen LogP contribution in [0.4, 0.5) is 11.4 Å². The maximum Gasteiger partial charge on any atom is 0.141 e. The molecule has 32 heavy (non-hydrogen) atoms. The largest absolute Gasteiger partial charge is 0.356 e. The Labute approximate surface area is 206 Å². The van der Waals surface area contributed by atoms with Crippen LogP contribution in [0.25, 0.3) is 11.1 Å². The van der Waals surface area contributed by atoms with Crippen molar-refractivity contribution in [2.75, 3.05) is 5.32 Å². The highest BCUT2D eigenvalue weighted by molar-refractivity contribution is 6.71. The van der Waals surface area contributed by atoms with Crippen LogP contribution >= 0.6 is 0 Å². The highest BCUT2D eigenvalue weighted by Crippen LogP contribution is 2.23. The molecule has 14 heteroatoms. The lowest BCUT2D eigenvalue weighted by Crippen LogP contribution is -2.56. The van der Waals surface area contributed by atoms with E-state index in [1.165, 1.54) is 93.5 Å². The molecule has 0 aliphatic carbocycles. The molecule has 0 radical (unpaired) electrons. The summed E-state index contributed by atoms with van der Waals surface area (Å²) < 4.78 is 0. The molecule has 0 amide bonds. The van der Waals surface area contributed by atoms with E-state index in [2.05, 4.69) is 113 Å². The summed E-state index contributed by atoms with van der Waals surface area (Å²) in [6, 6.07) is 2.35. The van der Waals surface area contributed by atoms with Gasteiger partial charge < -0.3 is 5.32 Å². The molecule has 144 valence electrons. The smallest absolute Gasteiger partial charge is 0.141 e. The summed E-state index contributed by atoms with van der Waals surface area (Å²) in [5, 5.41) is 3.93. The topological polar surface area (TPSA) is 12.0 Å². The molecule has 0 saturated heterocycles. The van der Waals surface area contributed by atoms with Crippen molar-refractivity contribution in [3.63, 3.8) is 0 Å². The number of anilines is 2. The molecule has 3 aromatic carbocycles. The van der Waals surface area contributed by atoms with E-state index in [1.807, 2.05) is 0 Å². The van der Waals surface area contributed by atoms with Crippen LogP contribution in [0.5, 0.6) is 0 Å². The van der Waals surface area contributed by atoms with E-state index in [4.69, 9.17) is 0 Å². The van der Waals surface area contributed by atoms with Crippen molar-refractivity contribution in [1.82, 2.24) is 0 Å². The van der Waals surface area contributed by atoms with Crippen LogP contribution in [0.1, 0.15) is 0 Å². The highest BCUT2D eigenvalue weighted by atomic mass is 14.9. The van der Waals surface area contributed by atoms with Crippen LogP contribution in [0, 0.1) is 0 Å². The molecular formula is C18H28B13N. The second kappa shape index (κ2) is 8.92. The zero-order chi connectivity index (χ0) is 24.2. The summed E-state index contributed by atoms with van der Waals surface area (Å²) in [5.74, 6) is 0. The maximum absolute atomic E-state index is 3.93. The normalized spacial score (nSPS) is 10.9. The van der Waals surface area contributed by atoms with E-state index >= 15 is 0 Å². The Morgan fingerprint density at radius 1 is 0.375 bits per heavy atom. The van der Waals surface area contributed by atoms with Gasteiger partial charge in [-0.25, -0.2) is 0 Å². The molecular weight excluding hydrogens is 371 g/mol. The van der Waals surface area contributed by atoms with E-state index < -0.39 is 0 Å². The number of rotatable bonds is 3. The fraction of sp³-hybridized carbons (Fsp3) is 0. The van der Waals surface area contributed by atoms with Crippen molar-refractivity contribution >= 4 is 184 Å². The molecule has 0 aromatic heterocycles. The number of nitrogens with one attached hydrogen (secondary N) is 1. The number of benzene rings is 3. The second-order valence-electron chi connectivity index (χ2n) is 9.99. The predicted octanol–water partition coefficient (Wildman–Crippen LogP) is -17.5. The molecule has 3 aromatic rings. The van der Waals surface area contributed by atoms with E-state index in [9.17, 15) is 0 Å². The first-order valence-electron chi connectivity index (χ1n) is 11.8. The molecule has 0 atom stereocenters. The molecule has 1 N–H and O–H groups in total. The van der Waals surface area contributed by atoms with E-state index in [-0.39, 0.29) is 0 Å². The molecule has 0 fully saturated rings. The Hall–Kier alpha value is -1.70. The van der Waals surface area contributed by atoms with Crippen LogP contribution in [0.15, 0.2) is 6.07 Å². The van der Waals surface area contributed by atoms with Crippen LogP contribution in [0.2, 0.25) is 0 Å². The van der Waals surface area contributed by atoms with Gasteiger partial charge >= 0.3 is 0 Å². The average Bonchev–Trinajstić information content (AvgIpc) is 2.76. The monoisotopic (exact) mass is 401 g/mol. The van der Waals surface area contributed by atoms with Gasteiger partial charge in [-0.3, -0.25) is 0 Å². The quantitative estimate of drug-likeness (QED) is 0.432. The lowest BCUT2D eigenvalue weighted by molar-refractivity contribution is 1.64. The third-order valence-corrected chi connectivity index (χ3v) is 8.67. The Bertz CT molecular complexity index is 1230. The predicted molar refractivity (Wildman–Crippen MR) is 188 cm³/mol. The minimum atomic E-state index is 1.22. The molecule has 0 heterocycles. The molecule has 0 aliphatic heterocycles. The Morgan fingerprint density at radius 2 is 0.719 bits per heavy atom. The third-order valence-electron chi connectivity index (χ3n) is 8.67. The van der Waals surface area contributed by atoms with E-state index in [0.29, 0.717) is 0 Å². The fourth-order valence-electron chi connectivity index (χ4n) is 5.20. The first kappa shape index (κ1) is 24.9. The second-order valence-corrected chi connectivity index (χ2v) is 9.99. The van der Waals surface area contributed by atoms with Crippen LogP contribution < -0.4 is 76.3 Å². The van der Waals surface area contributed by atoms with Crippen molar-refractivity contribution in [1.29, 1.82) is 0 Å². The van der Waals surface area contributed by atoms with Gasteiger partial charge in [0.15, 0.2) is 0 Å². The molecule has 0 unspecified atom stereocenters. The minimum absolute atomic E-state index is 1.22. The van der Waals surface area contributed by atoms with Crippen molar-refractivity contribution in [3.05, 3.63) is 6.07 Å². The Kier molecular flexibility index (Phi) is 6.95. The summed E-state index contributed by atoms with van der Waals surface area (Å²) in [7, 11) is 29.4. The fourth-order valence-corrected chi connectivity index (χ4v) is 5.20. The summed E-state index contributed by atoms with van der Waals surface area (Å²) in [6.45, 7) is 0. The van der Waals surface area contributed by atoms with Gasteiger partial charge in [-0.15, -0.1) is 27.3 Å². The first-order chi connectivity index (χ1) is 14.8. The van der Waals surface area contributed by atoms with E-state index in [1.54, 1.807) is 0 Å². The summed E-state index contributed by atoms with van der Waals surface area (Å²) in [6.07, 6.45) is 0.